The van der Waals surface area contributed by atoms with E-state index in [9.17, 15) is 4.79 Å². The Hall–Kier alpha value is -2.96. The van der Waals surface area contributed by atoms with Crippen molar-refractivity contribution in [2.45, 2.75) is 6.04 Å². The molecule has 0 saturated carbocycles. The number of nitrogens with zero attached hydrogens (tertiary/aromatic N) is 4. The number of nitrogens with two attached hydrogens (primary N) is 1. The van der Waals surface area contributed by atoms with Crippen molar-refractivity contribution in [3.8, 4) is 11.3 Å². The van der Waals surface area contributed by atoms with Gasteiger partial charge in [0.1, 0.15) is 0 Å². The normalized spacial score (nSPS) is 22.7. The SMILES string of the molecule is CN1C[C@H]2CN(C(=O)c3cnc(N)nc3-c3ccccc3)C[C@H]2[C@@H]1c1ccccc1.Cl. The standard InChI is InChI=1S/C24H25N5O.ClH/c1-28-13-18-14-29(15-20(18)22(28)17-10-6-3-7-11-17)23(30)19-12-26-24(25)27-21(19)16-8-4-2-5-9-16;/h2-12,18,20,22H,13-15H2,1H3,(H2,25,26,27);1H/t18-,20+,22-;/m0./s1. The molecule has 2 aliphatic rings. The molecule has 2 N–H and O–H groups in total. The molecule has 3 heterocycles. The molecule has 3 atom stereocenters. The van der Waals surface area contributed by atoms with Gasteiger partial charge in [-0.05, 0) is 18.5 Å². The van der Waals surface area contributed by atoms with Crippen LogP contribution in [-0.4, -0.2) is 52.4 Å². The lowest BCUT2D eigenvalue weighted by molar-refractivity contribution is 0.0768. The number of carbonyl (C=O) groups is 1. The second-order valence-corrected chi connectivity index (χ2v) is 8.29. The number of anilines is 1. The minimum atomic E-state index is -0.0160. The number of halogens is 1. The van der Waals surface area contributed by atoms with E-state index in [4.69, 9.17) is 5.73 Å². The smallest absolute Gasteiger partial charge is 0.257 e. The summed E-state index contributed by atoms with van der Waals surface area (Å²) in [5.41, 5.74) is 9.14. The molecule has 5 rings (SSSR count). The lowest BCUT2D eigenvalue weighted by atomic mass is 9.90. The summed E-state index contributed by atoms with van der Waals surface area (Å²) in [4.78, 5) is 26.4. The van der Waals surface area contributed by atoms with Crippen LogP contribution >= 0.6 is 12.4 Å². The molecule has 0 aliphatic carbocycles. The van der Waals surface area contributed by atoms with E-state index in [0.717, 1.165) is 25.2 Å². The number of fused-ring (bicyclic) bond motifs is 1. The van der Waals surface area contributed by atoms with Crippen molar-refractivity contribution in [1.82, 2.24) is 19.8 Å². The Morgan fingerprint density at radius 3 is 2.39 bits per heavy atom. The summed E-state index contributed by atoms with van der Waals surface area (Å²) in [6.45, 7) is 2.50. The van der Waals surface area contributed by atoms with Crippen molar-refractivity contribution in [1.29, 1.82) is 0 Å². The van der Waals surface area contributed by atoms with Crippen LogP contribution < -0.4 is 5.73 Å². The Balaban J connectivity index is 0.00000231. The van der Waals surface area contributed by atoms with Gasteiger partial charge in [0.05, 0.1) is 11.3 Å². The molecule has 0 bridgehead atoms. The molecule has 2 fully saturated rings. The average molecular weight is 436 g/mol. The molecule has 2 aromatic carbocycles. The molecular weight excluding hydrogens is 410 g/mol. The van der Waals surface area contributed by atoms with Crippen molar-refractivity contribution in [3.63, 3.8) is 0 Å². The first-order chi connectivity index (χ1) is 14.6. The van der Waals surface area contributed by atoms with E-state index in [1.165, 1.54) is 5.56 Å². The van der Waals surface area contributed by atoms with Gasteiger partial charge < -0.3 is 10.6 Å². The van der Waals surface area contributed by atoms with Crippen LogP contribution in [0.2, 0.25) is 0 Å². The van der Waals surface area contributed by atoms with Gasteiger partial charge in [0.2, 0.25) is 5.95 Å². The molecule has 2 aliphatic heterocycles. The van der Waals surface area contributed by atoms with Crippen molar-refractivity contribution >= 4 is 24.3 Å². The number of hydrogen-bond acceptors (Lipinski definition) is 5. The fourth-order valence-corrected chi connectivity index (χ4v) is 5.11. The fourth-order valence-electron chi connectivity index (χ4n) is 5.11. The summed E-state index contributed by atoms with van der Waals surface area (Å²) in [5, 5.41) is 0. The number of carbonyl (C=O) groups excluding carboxylic acids is 1. The summed E-state index contributed by atoms with van der Waals surface area (Å²) in [5.74, 6) is 1.06. The van der Waals surface area contributed by atoms with E-state index in [-0.39, 0.29) is 24.3 Å². The molecule has 1 amide bonds. The molecule has 2 saturated heterocycles. The Morgan fingerprint density at radius 2 is 1.68 bits per heavy atom. The zero-order valence-corrected chi connectivity index (χ0v) is 18.2. The molecule has 160 valence electrons. The van der Waals surface area contributed by atoms with Gasteiger partial charge in [0.15, 0.2) is 0 Å². The lowest BCUT2D eigenvalue weighted by Crippen LogP contribution is -2.34. The molecule has 0 unspecified atom stereocenters. The quantitative estimate of drug-likeness (QED) is 0.681. The highest BCUT2D eigenvalue weighted by Crippen LogP contribution is 2.44. The number of amides is 1. The summed E-state index contributed by atoms with van der Waals surface area (Å²) in [7, 11) is 2.18. The predicted octanol–water partition coefficient (Wildman–Crippen LogP) is 3.52. The highest BCUT2D eigenvalue weighted by atomic mass is 35.5. The van der Waals surface area contributed by atoms with E-state index in [1.807, 2.05) is 41.3 Å². The van der Waals surface area contributed by atoms with Gasteiger partial charge in [-0.2, -0.15) is 0 Å². The van der Waals surface area contributed by atoms with Gasteiger partial charge in [-0.3, -0.25) is 9.69 Å². The van der Waals surface area contributed by atoms with E-state index >= 15 is 0 Å². The van der Waals surface area contributed by atoms with Crippen LogP contribution in [0.1, 0.15) is 22.0 Å². The van der Waals surface area contributed by atoms with Gasteiger partial charge in [0, 0.05) is 43.4 Å². The molecule has 7 heteroatoms. The topological polar surface area (TPSA) is 75.3 Å². The molecular formula is C24H26ClN5O. The molecule has 0 spiro atoms. The number of likely N-dealkylation sites (tertiary alicyclic amines) is 2. The number of rotatable bonds is 3. The number of nitrogen functional groups attached to an aromatic ring is 1. The molecule has 31 heavy (non-hydrogen) atoms. The Morgan fingerprint density at radius 1 is 1.00 bits per heavy atom. The van der Waals surface area contributed by atoms with Crippen LogP contribution in [0.15, 0.2) is 66.9 Å². The van der Waals surface area contributed by atoms with Crippen molar-refractivity contribution in [2.75, 3.05) is 32.4 Å². The second kappa shape index (κ2) is 8.65. The van der Waals surface area contributed by atoms with Gasteiger partial charge in [-0.1, -0.05) is 60.7 Å². The van der Waals surface area contributed by atoms with Gasteiger partial charge in [-0.25, -0.2) is 9.97 Å². The Kier molecular flexibility index (Phi) is 5.94. The molecule has 0 radical (unpaired) electrons. The van der Waals surface area contributed by atoms with Crippen LogP contribution in [0, 0.1) is 11.8 Å². The maximum Gasteiger partial charge on any atom is 0.257 e. The Bertz CT molecular complexity index is 1060. The fraction of sp³-hybridized carbons (Fsp3) is 0.292. The summed E-state index contributed by atoms with van der Waals surface area (Å²) >= 11 is 0. The van der Waals surface area contributed by atoms with Crippen LogP contribution in [0.4, 0.5) is 5.95 Å². The second-order valence-electron chi connectivity index (χ2n) is 8.29. The van der Waals surface area contributed by atoms with E-state index in [2.05, 4.69) is 46.2 Å². The largest absolute Gasteiger partial charge is 0.368 e. The third kappa shape index (κ3) is 3.89. The average Bonchev–Trinajstić information content (AvgIpc) is 3.31. The van der Waals surface area contributed by atoms with Crippen LogP contribution in [0.5, 0.6) is 0 Å². The van der Waals surface area contributed by atoms with Crippen molar-refractivity contribution in [3.05, 3.63) is 78.0 Å². The maximum atomic E-state index is 13.5. The number of aromatic nitrogens is 2. The highest BCUT2D eigenvalue weighted by molar-refractivity contribution is 6.00. The maximum absolute atomic E-state index is 13.5. The van der Waals surface area contributed by atoms with E-state index in [1.54, 1.807) is 6.20 Å². The highest BCUT2D eigenvalue weighted by Gasteiger charge is 2.47. The van der Waals surface area contributed by atoms with Crippen LogP contribution in [0.3, 0.4) is 0 Å². The van der Waals surface area contributed by atoms with Gasteiger partial charge in [0.25, 0.3) is 5.91 Å². The third-order valence-corrected chi connectivity index (χ3v) is 6.41. The first kappa shape index (κ1) is 21.3. The molecule has 1 aromatic heterocycles. The Labute approximate surface area is 188 Å². The monoisotopic (exact) mass is 435 g/mol. The van der Waals surface area contributed by atoms with Crippen molar-refractivity contribution < 1.29 is 4.79 Å². The zero-order chi connectivity index (χ0) is 20.7. The minimum Gasteiger partial charge on any atom is -0.368 e. The van der Waals surface area contributed by atoms with E-state index in [0.29, 0.717) is 29.1 Å². The first-order valence-corrected chi connectivity index (χ1v) is 10.3. The predicted molar refractivity (Wildman–Crippen MR) is 124 cm³/mol. The van der Waals surface area contributed by atoms with E-state index < -0.39 is 0 Å². The minimum absolute atomic E-state index is 0. The van der Waals surface area contributed by atoms with Gasteiger partial charge >= 0.3 is 0 Å². The lowest BCUT2D eigenvalue weighted by Gasteiger charge is -2.27. The molecule has 6 nitrogen and oxygen atoms in total. The third-order valence-electron chi connectivity index (χ3n) is 6.41. The number of hydrogen-bond donors (Lipinski definition) is 1. The van der Waals surface area contributed by atoms with Crippen LogP contribution in [0.25, 0.3) is 11.3 Å². The first-order valence-electron chi connectivity index (χ1n) is 10.3. The zero-order valence-electron chi connectivity index (χ0n) is 17.4. The van der Waals surface area contributed by atoms with Crippen LogP contribution in [-0.2, 0) is 0 Å². The number of benzene rings is 2. The summed E-state index contributed by atoms with van der Waals surface area (Å²) < 4.78 is 0. The van der Waals surface area contributed by atoms with Gasteiger partial charge in [-0.15, -0.1) is 12.4 Å². The summed E-state index contributed by atoms with van der Waals surface area (Å²) in [6.07, 6.45) is 1.57. The summed E-state index contributed by atoms with van der Waals surface area (Å²) in [6, 6.07) is 20.6. The molecule has 3 aromatic rings. The van der Waals surface area contributed by atoms with Crippen molar-refractivity contribution in [2.24, 2.45) is 11.8 Å².